The molecule has 5 heterocycles. The van der Waals surface area contributed by atoms with Gasteiger partial charge in [-0.1, -0.05) is 0 Å². The van der Waals surface area contributed by atoms with Crippen LogP contribution < -0.4 is 10.0 Å². The van der Waals surface area contributed by atoms with E-state index in [9.17, 15) is 9.50 Å². The van der Waals surface area contributed by atoms with Crippen molar-refractivity contribution in [3.05, 3.63) is 53.4 Å². The number of pyridine rings is 1. The Hall–Kier alpha value is -3.03. The molecule has 0 unspecified atom stereocenters. The minimum Gasteiger partial charge on any atom is -0.858 e. The number of rotatable bonds is 0. The van der Waals surface area contributed by atoms with E-state index in [2.05, 4.69) is 20.0 Å². The maximum atomic E-state index is 14.0. The van der Waals surface area contributed by atoms with Crippen LogP contribution in [0.4, 0.5) is 10.2 Å². The summed E-state index contributed by atoms with van der Waals surface area (Å²) >= 11 is 0. The smallest absolute Gasteiger partial charge is 0.165 e. The van der Waals surface area contributed by atoms with Crippen LogP contribution in [0, 0.1) is 5.82 Å². The normalized spacial score (nSPS) is 22.2. The van der Waals surface area contributed by atoms with E-state index in [1.807, 2.05) is 13.0 Å². The minimum absolute atomic E-state index is 0.0169. The van der Waals surface area contributed by atoms with Gasteiger partial charge in [-0.25, -0.2) is 13.9 Å². The predicted octanol–water partition coefficient (Wildman–Crippen LogP) is 2.05. The molecule has 0 spiro atoms. The molecule has 2 bridgehead atoms. The molecule has 2 aliphatic rings. The molecular weight excluding hydrogens is 359 g/mol. The molecule has 0 amide bonds. The van der Waals surface area contributed by atoms with Gasteiger partial charge >= 0.3 is 0 Å². The molecule has 0 saturated carbocycles. The first-order chi connectivity index (χ1) is 13.6. The largest absolute Gasteiger partial charge is 0.858 e. The summed E-state index contributed by atoms with van der Waals surface area (Å²) in [5, 5.41) is 16.9. The molecule has 3 aromatic heterocycles. The van der Waals surface area contributed by atoms with Crippen LogP contribution in [0.25, 0.3) is 5.65 Å². The Kier molecular flexibility index (Phi) is 3.99. The fourth-order valence-electron chi connectivity index (χ4n) is 4.19. The zero-order valence-electron chi connectivity index (χ0n) is 15.5. The Labute approximate surface area is 161 Å². The zero-order chi connectivity index (χ0) is 19.3. The van der Waals surface area contributed by atoms with Gasteiger partial charge in [0.05, 0.1) is 18.4 Å². The van der Waals surface area contributed by atoms with Gasteiger partial charge in [-0.15, -0.1) is 0 Å². The number of hydrogen-bond acceptors (Lipinski definition) is 6. The van der Waals surface area contributed by atoms with E-state index in [-0.39, 0.29) is 23.8 Å². The molecule has 5 rings (SSSR count). The molecule has 0 aliphatic carbocycles. The summed E-state index contributed by atoms with van der Waals surface area (Å²) in [5.74, 6) is 0.119. The van der Waals surface area contributed by atoms with Crippen molar-refractivity contribution >= 4 is 17.4 Å². The summed E-state index contributed by atoms with van der Waals surface area (Å²) in [7, 11) is 0. The lowest BCUT2D eigenvalue weighted by Crippen LogP contribution is -2.25. The third-order valence-electron chi connectivity index (χ3n) is 5.60. The molecule has 8 heteroatoms. The van der Waals surface area contributed by atoms with Crippen molar-refractivity contribution in [1.29, 1.82) is 0 Å². The molecule has 2 atom stereocenters. The van der Waals surface area contributed by atoms with Crippen LogP contribution in [0.2, 0.25) is 0 Å². The highest BCUT2D eigenvalue weighted by Crippen LogP contribution is 2.37. The molecule has 28 heavy (non-hydrogen) atoms. The van der Waals surface area contributed by atoms with E-state index in [1.165, 1.54) is 12.4 Å². The number of aryl methyl sites for hydroxylation is 1. The van der Waals surface area contributed by atoms with E-state index in [4.69, 9.17) is 4.98 Å². The Morgan fingerprint density at radius 2 is 2.14 bits per heavy atom. The van der Waals surface area contributed by atoms with Crippen molar-refractivity contribution in [1.82, 2.24) is 19.6 Å². The molecule has 7 nitrogen and oxygen atoms in total. The second kappa shape index (κ2) is 6.54. The zero-order valence-corrected chi connectivity index (χ0v) is 15.5. The van der Waals surface area contributed by atoms with Crippen molar-refractivity contribution in [2.45, 2.75) is 44.7 Å². The summed E-state index contributed by atoms with van der Waals surface area (Å²) in [5.41, 5.74) is 2.69. The number of aliphatic imine (C=N–C) groups is 1. The van der Waals surface area contributed by atoms with Crippen LogP contribution in [0.3, 0.4) is 0 Å². The van der Waals surface area contributed by atoms with E-state index >= 15 is 0 Å². The summed E-state index contributed by atoms with van der Waals surface area (Å²) in [4.78, 5) is 15.6. The Balaban J connectivity index is 1.71. The maximum absolute atomic E-state index is 14.0. The second-order valence-corrected chi connectivity index (χ2v) is 7.47. The lowest BCUT2D eigenvalue weighted by atomic mass is 9.98. The van der Waals surface area contributed by atoms with E-state index in [1.54, 1.807) is 16.8 Å². The average molecular weight is 379 g/mol. The first-order valence-corrected chi connectivity index (χ1v) is 9.60. The maximum Gasteiger partial charge on any atom is 0.165 e. The van der Waals surface area contributed by atoms with Gasteiger partial charge in [-0.05, 0) is 56.2 Å². The molecule has 0 aromatic carbocycles. The van der Waals surface area contributed by atoms with E-state index < -0.39 is 0 Å². The van der Waals surface area contributed by atoms with Gasteiger partial charge in [0.15, 0.2) is 5.65 Å². The molecular formula is C20H20FN6O-. The molecule has 0 N–H and O–H groups in total. The van der Waals surface area contributed by atoms with Gasteiger partial charge in [0.2, 0.25) is 0 Å². The van der Waals surface area contributed by atoms with Crippen LogP contribution >= 0.6 is 0 Å². The van der Waals surface area contributed by atoms with Crippen molar-refractivity contribution in [3.63, 3.8) is 0 Å². The minimum atomic E-state index is -0.329. The Bertz CT molecular complexity index is 1080. The van der Waals surface area contributed by atoms with Gasteiger partial charge in [0.25, 0.3) is 0 Å². The average Bonchev–Trinajstić information content (AvgIpc) is 3.32. The van der Waals surface area contributed by atoms with Gasteiger partial charge in [-0.3, -0.25) is 9.98 Å². The molecule has 3 aromatic rings. The first kappa shape index (κ1) is 17.1. The fraction of sp³-hybridized carbons (Fsp3) is 0.400. The SMILES string of the molecule is C[C@@H]1CCc2ncc(F)cc2[C@H]2CCCN2c2ccn3ncc(c3n2)C([O-])=N1. The van der Waals surface area contributed by atoms with E-state index in [0.29, 0.717) is 24.1 Å². The van der Waals surface area contributed by atoms with Gasteiger partial charge < -0.3 is 10.0 Å². The van der Waals surface area contributed by atoms with Crippen LogP contribution in [-0.2, 0) is 6.42 Å². The standard InChI is InChI=1S/C20H21FN6O/c1-12-4-5-16-14(9-13(21)10-22-16)17-3-2-7-26(17)18-6-8-27-19(25-18)15(11-23-27)20(28)24-12/h6,8-12,17H,2-5,7H2,1H3,(H,24,28)/p-1/t12-,17-/m1/s1. The van der Waals surface area contributed by atoms with Crippen molar-refractivity contribution in [2.75, 3.05) is 11.4 Å². The quantitative estimate of drug-likeness (QED) is 0.597. The number of aromatic nitrogens is 4. The van der Waals surface area contributed by atoms with Crippen LogP contribution in [0.5, 0.6) is 0 Å². The lowest BCUT2D eigenvalue weighted by Gasteiger charge is -2.27. The summed E-state index contributed by atoms with van der Waals surface area (Å²) in [6.45, 7) is 2.73. The number of anilines is 1. The molecule has 1 fully saturated rings. The molecule has 1 saturated heterocycles. The first-order valence-electron chi connectivity index (χ1n) is 9.60. The number of hydrogen-bond donors (Lipinski definition) is 0. The number of nitrogens with zero attached hydrogens (tertiary/aromatic N) is 6. The molecule has 0 radical (unpaired) electrons. The van der Waals surface area contributed by atoms with Crippen molar-refractivity contribution in [3.8, 4) is 0 Å². The topological polar surface area (TPSA) is 81.7 Å². The van der Waals surface area contributed by atoms with Gasteiger partial charge in [0, 0.05) is 30.0 Å². The van der Waals surface area contributed by atoms with Gasteiger partial charge in [-0.2, -0.15) is 5.10 Å². The molecule has 2 aliphatic heterocycles. The predicted molar refractivity (Wildman–Crippen MR) is 101 cm³/mol. The highest BCUT2D eigenvalue weighted by atomic mass is 19.1. The van der Waals surface area contributed by atoms with Crippen molar-refractivity contribution in [2.24, 2.45) is 4.99 Å². The Morgan fingerprint density at radius 1 is 1.25 bits per heavy atom. The third kappa shape index (κ3) is 2.80. The molecule has 144 valence electrons. The highest BCUT2D eigenvalue weighted by molar-refractivity contribution is 5.96. The van der Waals surface area contributed by atoms with E-state index in [0.717, 1.165) is 36.5 Å². The third-order valence-corrected chi connectivity index (χ3v) is 5.60. The van der Waals surface area contributed by atoms with Crippen LogP contribution in [0.15, 0.2) is 35.7 Å². The summed E-state index contributed by atoms with van der Waals surface area (Å²) in [6.07, 6.45) is 7.81. The lowest BCUT2D eigenvalue weighted by molar-refractivity contribution is -0.213. The van der Waals surface area contributed by atoms with Crippen LogP contribution in [0.1, 0.15) is 49.0 Å². The summed E-state index contributed by atoms with van der Waals surface area (Å²) in [6, 6.07) is 3.33. The monoisotopic (exact) mass is 379 g/mol. The fourth-order valence-corrected chi connectivity index (χ4v) is 4.19. The summed E-state index contributed by atoms with van der Waals surface area (Å²) < 4.78 is 15.6. The van der Waals surface area contributed by atoms with Crippen LogP contribution in [-0.4, -0.2) is 38.1 Å². The van der Waals surface area contributed by atoms with Crippen molar-refractivity contribution < 1.29 is 9.50 Å². The Morgan fingerprint density at radius 3 is 3.04 bits per heavy atom. The second-order valence-electron chi connectivity index (χ2n) is 7.47. The number of fused-ring (bicyclic) bond motifs is 5. The number of halogens is 1. The highest BCUT2D eigenvalue weighted by Gasteiger charge is 2.30. The van der Waals surface area contributed by atoms with Gasteiger partial charge in [0.1, 0.15) is 11.6 Å².